The Morgan fingerprint density at radius 2 is 1.83 bits per heavy atom. The highest BCUT2D eigenvalue weighted by Crippen LogP contribution is 2.61. The summed E-state index contributed by atoms with van der Waals surface area (Å²) in [7, 11) is 0. The summed E-state index contributed by atoms with van der Waals surface area (Å²) in [4.78, 5) is 24.1. The van der Waals surface area contributed by atoms with E-state index in [1.807, 2.05) is 0 Å². The molecule has 0 aliphatic heterocycles. The van der Waals surface area contributed by atoms with Gasteiger partial charge in [-0.25, -0.2) is 0 Å². The first-order chi connectivity index (χ1) is 11.0. The zero-order chi connectivity index (χ0) is 16.0. The number of nitrogens with zero attached hydrogens (tertiary/aromatic N) is 1. The van der Waals surface area contributed by atoms with Crippen LogP contribution in [0.4, 0.5) is 0 Å². The summed E-state index contributed by atoms with van der Waals surface area (Å²) in [6, 6.07) is 5.20. The first-order valence-corrected chi connectivity index (χ1v) is 8.99. The molecule has 4 aliphatic carbocycles. The summed E-state index contributed by atoms with van der Waals surface area (Å²) < 4.78 is 1.47. The highest BCUT2D eigenvalue weighted by molar-refractivity contribution is 5.76. The molecule has 124 valence electrons. The third kappa shape index (κ3) is 2.73. The van der Waals surface area contributed by atoms with Crippen molar-refractivity contribution in [2.75, 3.05) is 0 Å². The van der Waals surface area contributed by atoms with Crippen LogP contribution in [-0.2, 0) is 11.3 Å². The molecule has 1 aromatic rings. The predicted molar refractivity (Wildman–Crippen MR) is 88.9 cm³/mol. The number of aromatic nitrogens is 1. The Bertz CT molecular complexity index is 628. The molecular formula is C19H26N2O2. The van der Waals surface area contributed by atoms with Crippen LogP contribution < -0.4 is 10.9 Å². The van der Waals surface area contributed by atoms with Crippen molar-refractivity contribution < 1.29 is 4.79 Å². The molecule has 1 amide bonds. The molecule has 0 radical (unpaired) electrons. The van der Waals surface area contributed by atoms with E-state index in [0.717, 1.165) is 17.8 Å². The molecule has 4 heteroatoms. The molecule has 23 heavy (non-hydrogen) atoms. The fourth-order valence-corrected chi connectivity index (χ4v) is 5.89. The highest BCUT2D eigenvalue weighted by atomic mass is 16.2. The number of amides is 1. The predicted octanol–water partition coefficient (Wildman–Crippen LogP) is 2.57. The number of nitrogens with one attached hydrogen (secondary N) is 1. The summed E-state index contributed by atoms with van der Waals surface area (Å²) in [6.07, 6.45) is 9.78. The van der Waals surface area contributed by atoms with Crippen LogP contribution in [0.2, 0.25) is 0 Å². The normalized spacial score (nSPS) is 36.0. The molecule has 0 saturated heterocycles. The number of rotatable bonds is 4. The average Bonchev–Trinajstić information content (AvgIpc) is 2.48. The Hall–Kier alpha value is -1.58. The summed E-state index contributed by atoms with van der Waals surface area (Å²) in [5.41, 5.74) is 0.191. The van der Waals surface area contributed by atoms with Crippen molar-refractivity contribution in [2.45, 2.75) is 58.0 Å². The number of pyridine rings is 1. The van der Waals surface area contributed by atoms with Crippen molar-refractivity contribution in [2.24, 2.45) is 23.2 Å². The van der Waals surface area contributed by atoms with Gasteiger partial charge >= 0.3 is 0 Å². The largest absolute Gasteiger partial charge is 0.352 e. The molecule has 4 bridgehead atoms. The molecular weight excluding hydrogens is 288 g/mol. The van der Waals surface area contributed by atoms with Crippen molar-refractivity contribution in [3.63, 3.8) is 0 Å². The van der Waals surface area contributed by atoms with Crippen molar-refractivity contribution in [3.05, 3.63) is 34.7 Å². The van der Waals surface area contributed by atoms with Gasteiger partial charge in [0.05, 0.1) is 0 Å². The average molecular weight is 314 g/mol. The third-order valence-electron chi connectivity index (χ3n) is 6.59. The summed E-state index contributed by atoms with van der Waals surface area (Å²) in [6.45, 7) is 2.30. The van der Waals surface area contributed by atoms with Gasteiger partial charge in [-0.15, -0.1) is 0 Å². The lowest BCUT2D eigenvalue weighted by Gasteiger charge is -2.59. The van der Waals surface area contributed by atoms with E-state index in [9.17, 15) is 9.59 Å². The van der Waals surface area contributed by atoms with Gasteiger partial charge in [0.1, 0.15) is 6.54 Å². The molecule has 0 spiro atoms. The van der Waals surface area contributed by atoms with E-state index in [-0.39, 0.29) is 24.1 Å². The van der Waals surface area contributed by atoms with E-state index < -0.39 is 0 Å². The van der Waals surface area contributed by atoms with Crippen LogP contribution in [0.15, 0.2) is 29.2 Å². The molecule has 0 unspecified atom stereocenters. The number of hydrogen-bond acceptors (Lipinski definition) is 2. The topological polar surface area (TPSA) is 51.1 Å². The van der Waals surface area contributed by atoms with Gasteiger partial charge in [-0.1, -0.05) is 6.07 Å². The zero-order valence-electron chi connectivity index (χ0n) is 13.8. The maximum atomic E-state index is 12.4. The molecule has 5 rings (SSSR count). The van der Waals surface area contributed by atoms with Crippen LogP contribution in [0, 0.1) is 23.2 Å². The monoisotopic (exact) mass is 314 g/mol. The van der Waals surface area contributed by atoms with Crippen molar-refractivity contribution in [1.29, 1.82) is 0 Å². The maximum absolute atomic E-state index is 12.4. The lowest BCUT2D eigenvalue weighted by atomic mass is 9.48. The molecule has 4 aliphatic rings. The summed E-state index contributed by atoms with van der Waals surface area (Å²) >= 11 is 0. The van der Waals surface area contributed by atoms with Crippen LogP contribution in [0.3, 0.4) is 0 Å². The van der Waals surface area contributed by atoms with Crippen molar-refractivity contribution in [3.8, 4) is 0 Å². The number of carbonyl (C=O) groups is 1. The van der Waals surface area contributed by atoms with E-state index in [1.165, 1.54) is 49.2 Å². The van der Waals surface area contributed by atoms with E-state index >= 15 is 0 Å². The van der Waals surface area contributed by atoms with Gasteiger partial charge in [-0.05, 0) is 74.7 Å². The highest BCUT2D eigenvalue weighted by Gasteiger charge is 2.53. The van der Waals surface area contributed by atoms with Gasteiger partial charge in [0.15, 0.2) is 0 Å². The molecule has 1 heterocycles. The van der Waals surface area contributed by atoms with Crippen LogP contribution in [-0.4, -0.2) is 16.5 Å². The quantitative estimate of drug-likeness (QED) is 0.928. The lowest BCUT2D eigenvalue weighted by molar-refractivity contribution is -0.126. The second kappa shape index (κ2) is 5.50. The van der Waals surface area contributed by atoms with Gasteiger partial charge in [0.25, 0.3) is 5.56 Å². The SMILES string of the molecule is C[C@H](NC(=O)Cn1ccccc1=O)C12CC3CC(CC(C3)C1)C2. The first-order valence-electron chi connectivity index (χ1n) is 8.99. The van der Waals surface area contributed by atoms with Crippen LogP contribution >= 0.6 is 0 Å². The Morgan fingerprint density at radius 3 is 2.39 bits per heavy atom. The van der Waals surface area contributed by atoms with Gasteiger partial charge in [0, 0.05) is 18.3 Å². The van der Waals surface area contributed by atoms with Gasteiger partial charge < -0.3 is 9.88 Å². The zero-order valence-corrected chi connectivity index (χ0v) is 13.8. The first kappa shape index (κ1) is 15.0. The minimum atomic E-state index is -0.120. The minimum absolute atomic E-state index is 0.0402. The standard InChI is InChI=1S/C19H26N2O2/c1-13(20-17(22)12-21-5-3-2-4-18(21)23)19-9-14-6-15(10-19)8-16(7-14)11-19/h2-5,13-16H,6-12H2,1H3,(H,20,22)/t13-,14?,15?,16?,19?/m0/s1. The Labute approximate surface area is 137 Å². The second-order valence-electron chi connectivity index (χ2n) is 8.24. The number of hydrogen-bond donors (Lipinski definition) is 1. The number of carbonyl (C=O) groups excluding carboxylic acids is 1. The van der Waals surface area contributed by atoms with Crippen molar-refractivity contribution in [1.82, 2.24) is 9.88 Å². The summed E-state index contributed by atoms with van der Waals surface area (Å²) in [5, 5.41) is 3.21. The fourth-order valence-electron chi connectivity index (χ4n) is 5.89. The maximum Gasteiger partial charge on any atom is 0.250 e. The Balaban J connectivity index is 1.44. The van der Waals surface area contributed by atoms with E-state index in [1.54, 1.807) is 18.3 Å². The molecule has 1 atom stereocenters. The minimum Gasteiger partial charge on any atom is -0.352 e. The molecule has 4 nitrogen and oxygen atoms in total. The fraction of sp³-hybridized carbons (Fsp3) is 0.684. The van der Waals surface area contributed by atoms with E-state index in [4.69, 9.17) is 0 Å². The molecule has 4 fully saturated rings. The molecule has 4 saturated carbocycles. The second-order valence-corrected chi connectivity index (χ2v) is 8.24. The molecule has 1 N–H and O–H groups in total. The smallest absolute Gasteiger partial charge is 0.250 e. The Kier molecular flexibility index (Phi) is 3.58. The van der Waals surface area contributed by atoms with Crippen LogP contribution in [0.5, 0.6) is 0 Å². The van der Waals surface area contributed by atoms with Gasteiger partial charge in [-0.2, -0.15) is 0 Å². The van der Waals surface area contributed by atoms with Gasteiger partial charge in [0.2, 0.25) is 5.91 Å². The van der Waals surface area contributed by atoms with E-state index in [2.05, 4.69) is 12.2 Å². The van der Waals surface area contributed by atoms with Crippen LogP contribution in [0.1, 0.15) is 45.4 Å². The third-order valence-corrected chi connectivity index (χ3v) is 6.59. The summed E-state index contributed by atoms with van der Waals surface area (Å²) in [5.74, 6) is 2.62. The molecule has 1 aromatic heterocycles. The van der Waals surface area contributed by atoms with E-state index in [0.29, 0.717) is 5.41 Å². The van der Waals surface area contributed by atoms with Gasteiger partial charge in [-0.3, -0.25) is 9.59 Å². The molecule has 0 aromatic carbocycles. The Morgan fingerprint density at radius 1 is 1.22 bits per heavy atom. The van der Waals surface area contributed by atoms with Crippen LogP contribution in [0.25, 0.3) is 0 Å². The lowest BCUT2D eigenvalue weighted by Crippen LogP contribution is -2.56. The van der Waals surface area contributed by atoms with Crippen molar-refractivity contribution >= 4 is 5.91 Å².